The van der Waals surface area contributed by atoms with Crippen LogP contribution in [-0.2, 0) is 16.8 Å². The minimum absolute atomic E-state index is 0.00862. The Bertz CT molecular complexity index is 839. The minimum atomic E-state index is -1.48. The lowest BCUT2D eigenvalue weighted by atomic mass is 9.49. The number of aromatic hydroxyl groups is 1. The van der Waals surface area contributed by atoms with Crippen molar-refractivity contribution in [2.24, 2.45) is 11.3 Å². The fraction of sp³-hybridized carbons (Fsp3) is 0.600. The van der Waals surface area contributed by atoms with Crippen molar-refractivity contribution >= 4 is 11.8 Å². The van der Waals surface area contributed by atoms with Crippen molar-refractivity contribution in [1.29, 1.82) is 0 Å². The number of phenols is 1. The van der Waals surface area contributed by atoms with Gasteiger partial charge >= 0.3 is 5.97 Å². The summed E-state index contributed by atoms with van der Waals surface area (Å²) in [5, 5.41) is 30.9. The van der Waals surface area contributed by atoms with Gasteiger partial charge < -0.3 is 20.1 Å². The monoisotopic (exact) mass is 360 g/mol. The van der Waals surface area contributed by atoms with Crippen LogP contribution in [0.2, 0.25) is 0 Å². The van der Waals surface area contributed by atoms with Crippen LogP contribution in [0, 0.1) is 11.3 Å². The number of hydrogen-bond donors (Lipinski definition) is 3. The molecule has 3 atom stereocenters. The lowest BCUT2D eigenvalue weighted by Gasteiger charge is -2.54. The maximum atomic E-state index is 13.0. The number of rotatable bonds is 1. The molecule has 6 heteroatoms. The third-order valence-electron chi connectivity index (χ3n) is 6.91. The van der Waals surface area contributed by atoms with Crippen molar-refractivity contribution < 1.29 is 29.6 Å². The lowest BCUT2D eigenvalue weighted by Crippen LogP contribution is -2.50. The molecule has 0 spiro atoms. The summed E-state index contributed by atoms with van der Waals surface area (Å²) in [5.41, 5.74) is 0.365. The summed E-state index contributed by atoms with van der Waals surface area (Å²) in [6.45, 7) is 5.74. The van der Waals surface area contributed by atoms with Gasteiger partial charge in [-0.3, -0.25) is 4.79 Å². The van der Waals surface area contributed by atoms with Gasteiger partial charge in [-0.15, -0.1) is 0 Å². The number of Topliss-reactive ketones (excluding diaryl/α,β-unsaturated/α-hetero) is 1. The van der Waals surface area contributed by atoms with Crippen LogP contribution in [0.4, 0.5) is 0 Å². The topological polar surface area (TPSA) is 104 Å². The summed E-state index contributed by atoms with van der Waals surface area (Å²) in [5.74, 6) is -1.29. The van der Waals surface area contributed by atoms with E-state index in [9.17, 15) is 24.9 Å². The van der Waals surface area contributed by atoms with E-state index in [0.29, 0.717) is 12.0 Å². The summed E-state index contributed by atoms with van der Waals surface area (Å²) in [4.78, 5) is 25.3. The number of carbonyl (C=O) groups excluding carboxylic acids is 2. The molecule has 1 saturated carbocycles. The second-order valence-corrected chi connectivity index (χ2v) is 8.72. The van der Waals surface area contributed by atoms with Crippen LogP contribution in [0.25, 0.3) is 0 Å². The molecule has 0 saturated heterocycles. The summed E-state index contributed by atoms with van der Waals surface area (Å²) < 4.78 is 4.99. The third kappa shape index (κ3) is 2.00. The average molecular weight is 360 g/mol. The number of ketones is 1. The molecule has 6 nitrogen and oxygen atoms in total. The molecule has 1 heterocycles. The van der Waals surface area contributed by atoms with Crippen molar-refractivity contribution in [2.45, 2.75) is 64.8 Å². The fourth-order valence-corrected chi connectivity index (χ4v) is 5.74. The third-order valence-corrected chi connectivity index (χ3v) is 6.91. The molecule has 0 bridgehead atoms. The number of carbonyl (C=O) groups is 2. The van der Waals surface area contributed by atoms with Crippen molar-refractivity contribution in [1.82, 2.24) is 0 Å². The molecule has 2 aliphatic carbocycles. The Labute approximate surface area is 151 Å². The van der Waals surface area contributed by atoms with Gasteiger partial charge in [-0.05, 0) is 35.2 Å². The number of fused-ring (bicyclic) bond motifs is 5. The number of hydrogen-bond acceptors (Lipinski definition) is 6. The van der Waals surface area contributed by atoms with Gasteiger partial charge in [0.1, 0.15) is 5.75 Å². The van der Waals surface area contributed by atoms with E-state index in [1.54, 1.807) is 0 Å². The smallest absolute Gasteiger partial charge is 0.341 e. The predicted molar refractivity (Wildman–Crippen MR) is 91.8 cm³/mol. The van der Waals surface area contributed by atoms with Gasteiger partial charge in [0.25, 0.3) is 0 Å². The molecule has 3 aliphatic rings. The van der Waals surface area contributed by atoms with E-state index < -0.39 is 24.3 Å². The molecule has 3 N–H and O–H groups in total. The zero-order chi connectivity index (χ0) is 19.0. The second kappa shape index (κ2) is 5.30. The van der Waals surface area contributed by atoms with Gasteiger partial charge in [0.2, 0.25) is 6.29 Å². The van der Waals surface area contributed by atoms with Crippen LogP contribution in [0.3, 0.4) is 0 Å². The highest BCUT2D eigenvalue weighted by Gasteiger charge is 2.56. The Morgan fingerprint density at radius 2 is 1.85 bits per heavy atom. The molecule has 1 fully saturated rings. The van der Waals surface area contributed by atoms with Crippen LogP contribution in [0.1, 0.15) is 90.2 Å². The van der Waals surface area contributed by atoms with Gasteiger partial charge in [0.05, 0.1) is 17.7 Å². The van der Waals surface area contributed by atoms with E-state index in [1.807, 2.05) is 0 Å². The first-order chi connectivity index (χ1) is 12.1. The number of ether oxygens (including phenoxy) is 1. The maximum Gasteiger partial charge on any atom is 0.341 e. The van der Waals surface area contributed by atoms with Crippen LogP contribution >= 0.6 is 0 Å². The molecular weight excluding hydrogens is 336 g/mol. The predicted octanol–water partition coefficient (Wildman–Crippen LogP) is 2.72. The average Bonchev–Trinajstić information content (AvgIpc) is 2.84. The zero-order valence-corrected chi connectivity index (χ0v) is 15.3. The Kier molecular flexibility index (Phi) is 3.57. The van der Waals surface area contributed by atoms with Crippen LogP contribution in [-0.4, -0.2) is 27.1 Å². The SMILES string of the molecule is CC1(C)CCCC2(C)c3c(c(O)c(CO)c4c3C(O)OC4=O)C(=O)CC12. The van der Waals surface area contributed by atoms with Crippen LogP contribution in [0.5, 0.6) is 5.75 Å². The molecular formula is C20H24O6. The second-order valence-electron chi connectivity index (χ2n) is 8.72. The summed E-state index contributed by atoms with van der Waals surface area (Å²) in [6, 6.07) is 0. The standard InChI is InChI=1S/C20H24O6/c1-19(2)5-4-6-20(3)11(19)7-10(22)13-15(20)14-12(9(8-21)16(13)23)17(24)26-18(14)25/h11,18,21,23,25H,4-8H2,1-3H3. The highest BCUT2D eigenvalue weighted by atomic mass is 16.6. The van der Waals surface area contributed by atoms with E-state index in [2.05, 4.69) is 20.8 Å². The highest BCUT2D eigenvalue weighted by Crippen LogP contribution is 2.60. The molecule has 0 aromatic heterocycles. The Hall–Kier alpha value is -1.92. The Balaban J connectivity index is 2.11. The Morgan fingerprint density at radius 3 is 2.50 bits per heavy atom. The van der Waals surface area contributed by atoms with Crippen molar-refractivity contribution in [3.05, 3.63) is 27.8 Å². The van der Waals surface area contributed by atoms with Gasteiger partial charge in [0.15, 0.2) is 5.78 Å². The Morgan fingerprint density at radius 1 is 1.15 bits per heavy atom. The normalized spacial score (nSPS) is 31.9. The number of aliphatic hydroxyl groups excluding tert-OH is 2. The zero-order valence-electron chi connectivity index (χ0n) is 15.3. The van der Waals surface area contributed by atoms with E-state index in [1.165, 1.54) is 0 Å². The van der Waals surface area contributed by atoms with Crippen molar-refractivity contribution in [3.8, 4) is 5.75 Å². The molecule has 4 rings (SSSR count). The fourth-order valence-electron chi connectivity index (χ4n) is 5.74. The van der Waals surface area contributed by atoms with E-state index >= 15 is 0 Å². The molecule has 1 aromatic rings. The van der Waals surface area contributed by atoms with Crippen LogP contribution < -0.4 is 0 Å². The van der Waals surface area contributed by atoms with E-state index in [4.69, 9.17) is 4.74 Å². The van der Waals surface area contributed by atoms with E-state index in [-0.39, 0.29) is 45.1 Å². The van der Waals surface area contributed by atoms with E-state index in [0.717, 1.165) is 19.3 Å². The first-order valence-electron chi connectivity index (χ1n) is 9.08. The highest BCUT2D eigenvalue weighted by molar-refractivity contribution is 6.06. The molecule has 3 unspecified atom stereocenters. The molecule has 140 valence electrons. The summed E-state index contributed by atoms with van der Waals surface area (Å²) in [6.07, 6.45) is 1.57. The first kappa shape index (κ1) is 17.5. The van der Waals surface area contributed by atoms with Crippen molar-refractivity contribution in [2.75, 3.05) is 0 Å². The first-order valence-corrected chi connectivity index (χ1v) is 9.08. The van der Waals surface area contributed by atoms with Crippen molar-refractivity contribution in [3.63, 3.8) is 0 Å². The van der Waals surface area contributed by atoms with Gasteiger partial charge in [-0.2, -0.15) is 0 Å². The number of aliphatic hydroxyl groups is 2. The summed E-state index contributed by atoms with van der Waals surface area (Å²) in [7, 11) is 0. The van der Waals surface area contributed by atoms with Gasteiger partial charge in [-0.1, -0.05) is 27.2 Å². The number of esters is 1. The van der Waals surface area contributed by atoms with Gasteiger partial charge in [-0.25, -0.2) is 4.79 Å². The molecule has 26 heavy (non-hydrogen) atoms. The number of benzene rings is 1. The molecule has 0 radical (unpaired) electrons. The van der Waals surface area contributed by atoms with Crippen LogP contribution in [0.15, 0.2) is 0 Å². The largest absolute Gasteiger partial charge is 0.507 e. The maximum absolute atomic E-state index is 13.0. The molecule has 0 amide bonds. The quantitative estimate of drug-likeness (QED) is 0.665. The minimum Gasteiger partial charge on any atom is -0.507 e. The lowest BCUT2D eigenvalue weighted by molar-refractivity contribution is -0.0567. The molecule has 1 aromatic carbocycles. The molecule has 1 aliphatic heterocycles. The number of cyclic esters (lactones) is 1. The van der Waals surface area contributed by atoms with Gasteiger partial charge in [0, 0.05) is 17.5 Å². The summed E-state index contributed by atoms with van der Waals surface area (Å²) >= 11 is 0.